The molecule has 0 spiro atoms. The van der Waals surface area contributed by atoms with Gasteiger partial charge in [-0.2, -0.15) is 0 Å². The number of phenolic OH excluding ortho intramolecular Hbond substituents is 1. The number of likely N-dealkylation sites (N-methyl/N-ethyl adjacent to an activating group) is 1. The molecule has 1 amide bonds. The summed E-state index contributed by atoms with van der Waals surface area (Å²) in [7, 11) is 3.70. The third-order valence-corrected chi connectivity index (χ3v) is 2.23. The number of amides is 1. The molecular weight excluding hydrogens is 204 g/mol. The van der Waals surface area contributed by atoms with Crippen LogP contribution in [-0.4, -0.2) is 36.6 Å². The van der Waals surface area contributed by atoms with E-state index in [1.165, 1.54) is 0 Å². The molecule has 2 N–H and O–H groups in total. The fourth-order valence-corrected chi connectivity index (χ4v) is 1.42. The molecule has 0 aliphatic carbocycles. The molecular formula is C12H18N2O2. The summed E-state index contributed by atoms with van der Waals surface area (Å²) in [6.45, 7) is 2.29. The number of phenols is 1. The van der Waals surface area contributed by atoms with Gasteiger partial charge >= 0.3 is 0 Å². The van der Waals surface area contributed by atoms with Gasteiger partial charge in [0.15, 0.2) is 0 Å². The van der Waals surface area contributed by atoms with Crippen molar-refractivity contribution in [2.75, 3.05) is 20.6 Å². The Hall–Kier alpha value is -1.55. The highest BCUT2D eigenvalue weighted by Crippen LogP contribution is 2.16. The van der Waals surface area contributed by atoms with Gasteiger partial charge in [-0.05, 0) is 38.7 Å². The quantitative estimate of drug-likeness (QED) is 0.803. The minimum atomic E-state index is -0.0481. The summed E-state index contributed by atoms with van der Waals surface area (Å²) in [5.41, 5.74) is 0.977. The van der Waals surface area contributed by atoms with Crippen LogP contribution in [0.1, 0.15) is 18.5 Å². The van der Waals surface area contributed by atoms with Gasteiger partial charge in [-0.25, -0.2) is 0 Å². The second kappa shape index (κ2) is 5.51. The van der Waals surface area contributed by atoms with Crippen molar-refractivity contribution in [1.29, 1.82) is 0 Å². The predicted octanol–water partition coefficient (Wildman–Crippen LogP) is 1.13. The first-order valence-electron chi connectivity index (χ1n) is 5.22. The van der Waals surface area contributed by atoms with Gasteiger partial charge in [0, 0.05) is 0 Å². The molecule has 4 nitrogen and oxygen atoms in total. The Labute approximate surface area is 95.9 Å². The van der Waals surface area contributed by atoms with Gasteiger partial charge in [0.2, 0.25) is 5.91 Å². The second-order valence-electron chi connectivity index (χ2n) is 4.12. The number of benzene rings is 1. The average molecular weight is 222 g/mol. The van der Waals surface area contributed by atoms with Crippen LogP contribution in [0.4, 0.5) is 0 Å². The maximum absolute atomic E-state index is 11.5. The monoisotopic (exact) mass is 222 g/mol. The molecule has 0 radical (unpaired) electrons. The second-order valence-corrected chi connectivity index (χ2v) is 4.12. The Morgan fingerprint density at radius 1 is 1.38 bits per heavy atom. The molecule has 0 saturated carbocycles. The van der Waals surface area contributed by atoms with Gasteiger partial charge in [0.25, 0.3) is 0 Å². The zero-order valence-corrected chi connectivity index (χ0v) is 9.90. The van der Waals surface area contributed by atoms with Crippen LogP contribution >= 0.6 is 0 Å². The largest absolute Gasteiger partial charge is 0.508 e. The molecule has 88 valence electrons. The zero-order chi connectivity index (χ0) is 12.1. The van der Waals surface area contributed by atoms with Crippen molar-refractivity contribution in [1.82, 2.24) is 10.2 Å². The summed E-state index contributed by atoms with van der Waals surface area (Å²) >= 11 is 0. The number of hydrogen-bond acceptors (Lipinski definition) is 3. The highest BCUT2D eigenvalue weighted by molar-refractivity contribution is 5.78. The maximum Gasteiger partial charge on any atom is 0.234 e. The van der Waals surface area contributed by atoms with Crippen LogP contribution in [0.25, 0.3) is 0 Å². The fraction of sp³-hybridized carbons (Fsp3) is 0.417. The zero-order valence-electron chi connectivity index (χ0n) is 9.90. The van der Waals surface area contributed by atoms with Gasteiger partial charge in [-0.15, -0.1) is 0 Å². The lowest BCUT2D eigenvalue weighted by Crippen LogP contribution is -2.34. The Morgan fingerprint density at radius 3 is 2.44 bits per heavy atom. The van der Waals surface area contributed by atoms with Crippen molar-refractivity contribution in [3.63, 3.8) is 0 Å². The molecule has 16 heavy (non-hydrogen) atoms. The van der Waals surface area contributed by atoms with E-state index in [9.17, 15) is 4.79 Å². The highest BCUT2D eigenvalue weighted by atomic mass is 16.3. The van der Waals surface area contributed by atoms with E-state index in [2.05, 4.69) is 5.32 Å². The van der Waals surface area contributed by atoms with Crippen LogP contribution in [0.3, 0.4) is 0 Å². The SMILES string of the molecule is CC(NC(=O)CN(C)C)c1ccc(O)cc1. The Balaban J connectivity index is 2.55. The summed E-state index contributed by atoms with van der Waals surface area (Å²) in [4.78, 5) is 13.3. The Bertz CT molecular complexity index is 347. The van der Waals surface area contributed by atoms with Crippen molar-refractivity contribution in [2.24, 2.45) is 0 Å². The third-order valence-electron chi connectivity index (χ3n) is 2.23. The molecule has 0 fully saturated rings. The number of hydrogen-bond donors (Lipinski definition) is 2. The number of rotatable bonds is 4. The van der Waals surface area contributed by atoms with E-state index >= 15 is 0 Å². The minimum Gasteiger partial charge on any atom is -0.508 e. The molecule has 1 aromatic rings. The van der Waals surface area contributed by atoms with Crippen molar-refractivity contribution in [2.45, 2.75) is 13.0 Å². The molecule has 0 bridgehead atoms. The van der Waals surface area contributed by atoms with Crippen molar-refractivity contribution >= 4 is 5.91 Å². The van der Waals surface area contributed by atoms with Crippen LogP contribution in [0.5, 0.6) is 5.75 Å². The first-order valence-corrected chi connectivity index (χ1v) is 5.22. The predicted molar refractivity (Wildman–Crippen MR) is 63.2 cm³/mol. The summed E-state index contributed by atoms with van der Waals surface area (Å²) in [6.07, 6.45) is 0. The molecule has 1 atom stereocenters. The standard InChI is InChI=1S/C12H18N2O2/c1-9(13-12(16)8-14(2)3)10-4-6-11(15)7-5-10/h4-7,9,15H,8H2,1-3H3,(H,13,16). The van der Waals surface area contributed by atoms with E-state index in [1.54, 1.807) is 24.3 Å². The summed E-state index contributed by atoms with van der Waals surface area (Å²) in [5.74, 6) is 0.223. The normalized spacial score (nSPS) is 12.5. The minimum absolute atomic E-state index is 0.00873. The van der Waals surface area contributed by atoms with Crippen LogP contribution in [-0.2, 0) is 4.79 Å². The van der Waals surface area contributed by atoms with E-state index in [-0.39, 0.29) is 17.7 Å². The van der Waals surface area contributed by atoms with Crippen molar-refractivity contribution in [3.8, 4) is 5.75 Å². The molecule has 0 aliphatic heterocycles. The van der Waals surface area contributed by atoms with Crippen LogP contribution in [0.15, 0.2) is 24.3 Å². The van der Waals surface area contributed by atoms with E-state index in [0.717, 1.165) is 5.56 Å². The molecule has 0 aromatic heterocycles. The van der Waals surface area contributed by atoms with Crippen molar-refractivity contribution < 1.29 is 9.90 Å². The smallest absolute Gasteiger partial charge is 0.234 e. The molecule has 0 heterocycles. The van der Waals surface area contributed by atoms with Gasteiger partial charge in [-0.3, -0.25) is 4.79 Å². The number of aromatic hydroxyl groups is 1. The van der Waals surface area contributed by atoms with Crippen LogP contribution < -0.4 is 5.32 Å². The number of nitrogens with one attached hydrogen (secondary N) is 1. The summed E-state index contributed by atoms with van der Waals surface area (Å²) in [5, 5.41) is 12.0. The summed E-state index contributed by atoms with van der Waals surface area (Å²) in [6, 6.07) is 6.78. The lowest BCUT2D eigenvalue weighted by molar-refractivity contribution is -0.122. The molecule has 0 saturated heterocycles. The summed E-state index contributed by atoms with van der Waals surface area (Å²) < 4.78 is 0. The highest BCUT2D eigenvalue weighted by Gasteiger charge is 2.09. The fourth-order valence-electron chi connectivity index (χ4n) is 1.42. The lowest BCUT2D eigenvalue weighted by Gasteiger charge is -2.16. The van der Waals surface area contributed by atoms with E-state index in [1.807, 2.05) is 25.9 Å². The van der Waals surface area contributed by atoms with Gasteiger partial charge in [0.05, 0.1) is 12.6 Å². The Kier molecular flexibility index (Phi) is 4.31. The molecule has 1 aromatic carbocycles. The molecule has 4 heteroatoms. The molecule has 0 aliphatic rings. The van der Waals surface area contributed by atoms with Gasteiger partial charge < -0.3 is 15.3 Å². The third kappa shape index (κ3) is 3.90. The van der Waals surface area contributed by atoms with E-state index in [0.29, 0.717) is 6.54 Å². The Morgan fingerprint density at radius 2 is 1.94 bits per heavy atom. The average Bonchev–Trinajstić information content (AvgIpc) is 2.16. The first kappa shape index (κ1) is 12.5. The van der Waals surface area contributed by atoms with Gasteiger partial charge in [0.1, 0.15) is 5.75 Å². The van der Waals surface area contributed by atoms with E-state index in [4.69, 9.17) is 5.11 Å². The van der Waals surface area contributed by atoms with E-state index < -0.39 is 0 Å². The maximum atomic E-state index is 11.5. The lowest BCUT2D eigenvalue weighted by atomic mass is 10.1. The van der Waals surface area contributed by atoms with Crippen LogP contribution in [0, 0.1) is 0 Å². The van der Waals surface area contributed by atoms with Crippen molar-refractivity contribution in [3.05, 3.63) is 29.8 Å². The molecule has 1 rings (SSSR count). The number of carbonyl (C=O) groups is 1. The number of carbonyl (C=O) groups excluding carboxylic acids is 1. The molecule has 1 unspecified atom stereocenters. The van der Waals surface area contributed by atoms with Crippen LogP contribution in [0.2, 0.25) is 0 Å². The number of nitrogens with zero attached hydrogens (tertiary/aromatic N) is 1. The first-order chi connectivity index (χ1) is 7.49. The topological polar surface area (TPSA) is 52.6 Å². The van der Waals surface area contributed by atoms with Gasteiger partial charge in [-0.1, -0.05) is 12.1 Å².